The second-order valence-corrected chi connectivity index (χ2v) is 7.25. The second-order valence-electron chi connectivity index (χ2n) is 7.25. The van der Waals surface area contributed by atoms with Crippen LogP contribution in [-0.4, -0.2) is 37.7 Å². The molecule has 2 aliphatic rings. The molecular weight excluding hydrogens is 334 g/mol. The first-order valence-electron chi connectivity index (χ1n) is 8.95. The van der Waals surface area contributed by atoms with E-state index in [0.717, 1.165) is 29.8 Å². The minimum atomic E-state index is -0.421. The third kappa shape index (κ3) is 2.89. The largest absolute Gasteiger partial charge is 0.359 e. The van der Waals surface area contributed by atoms with Crippen LogP contribution in [0.5, 0.6) is 0 Å². The van der Waals surface area contributed by atoms with Crippen LogP contribution in [0.4, 0.5) is 0 Å². The Bertz CT molecular complexity index is 851. The van der Waals surface area contributed by atoms with E-state index in [2.05, 4.69) is 15.6 Å². The van der Waals surface area contributed by atoms with Gasteiger partial charge in [0.2, 0.25) is 11.8 Å². The molecule has 4 rings (SSSR count). The molecule has 26 heavy (non-hydrogen) atoms. The molecule has 1 aliphatic carbocycles. The summed E-state index contributed by atoms with van der Waals surface area (Å²) >= 11 is 0. The van der Waals surface area contributed by atoms with E-state index in [0.29, 0.717) is 5.76 Å². The number of hydrogen-bond acceptors (Lipinski definition) is 5. The van der Waals surface area contributed by atoms with Gasteiger partial charge in [0, 0.05) is 36.8 Å². The lowest BCUT2D eigenvalue weighted by atomic mass is 9.93. The van der Waals surface area contributed by atoms with Gasteiger partial charge in [-0.25, -0.2) is 0 Å². The number of nitrogens with one attached hydrogen (secondary N) is 1. The third-order valence-electron chi connectivity index (χ3n) is 5.35. The molecule has 2 fully saturated rings. The Hall–Kier alpha value is -2.64. The van der Waals surface area contributed by atoms with Gasteiger partial charge in [0.15, 0.2) is 5.76 Å². The monoisotopic (exact) mass is 357 g/mol. The molecule has 1 saturated carbocycles. The molecule has 0 bridgehead atoms. The van der Waals surface area contributed by atoms with Crippen molar-refractivity contribution in [1.82, 2.24) is 25.2 Å². The van der Waals surface area contributed by atoms with Gasteiger partial charge in [-0.05, 0) is 26.7 Å². The Balaban J connectivity index is 1.57. The standard InChI is InChI=1S/C18H23N5O3/c1-10-6-13(26-21-10)8-19-18(25)14-7-16(24)23(12-4-5-12)17(14)15-9-20-22(3)11(15)2/h6,9,12,14,17H,4-5,7-8H2,1-3H3,(H,19,25)/t14-,17-/m0/s1. The Labute approximate surface area is 151 Å². The molecule has 0 unspecified atom stereocenters. The number of likely N-dealkylation sites (tertiary alicyclic amines) is 1. The molecular formula is C18H23N5O3. The molecule has 138 valence electrons. The van der Waals surface area contributed by atoms with E-state index in [9.17, 15) is 9.59 Å². The van der Waals surface area contributed by atoms with Crippen LogP contribution in [-0.2, 0) is 23.2 Å². The molecule has 0 aromatic carbocycles. The van der Waals surface area contributed by atoms with Crippen molar-refractivity contribution >= 4 is 11.8 Å². The molecule has 2 atom stereocenters. The predicted octanol–water partition coefficient (Wildman–Crippen LogP) is 1.39. The quantitative estimate of drug-likeness (QED) is 0.873. The molecule has 3 heterocycles. The minimum absolute atomic E-state index is 0.0522. The summed E-state index contributed by atoms with van der Waals surface area (Å²) in [4.78, 5) is 27.4. The lowest BCUT2D eigenvalue weighted by Gasteiger charge is -2.28. The topological polar surface area (TPSA) is 93.3 Å². The van der Waals surface area contributed by atoms with Crippen molar-refractivity contribution in [3.8, 4) is 0 Å². The predicted molar refractivity (Wildman–Crippen MR) is 91.7 cm³/mol. The normalized spacial score (nSPS) is 22.9. The van der Waals surface area contributed by atoms with Crippen LogP contribution in [0.1, 0.15) is 48.0 Å². The fourth-order valence-corrected chi connectivity index (χ4v) is 3.75. The summed E-state index contributed by atoms with van der Waals surface area (Å²) in [6, 6.07) is 1.79. The van der Waals surface area contributed by atoms with E-state index in [1.165, 1.54) is 0 Å². The van der Waals surface area contributed by atoms with Crippen molar-refractivity contribution in [1.29, 1.82) is 0 Å². The zero-order valence-corrected chi connectivity index (χ0v) is 15.2. The smallest absolute Gasteiger partial charge is 0.226 e. The summed E-state index contributed by atoms with van der Waals surface area (Å²) in [6.45, 7) is 4.08. The van der Waals surface area contributed by atoms with E-state index in [4.69, 9.17) is 4.52 Å². The van der Waals surface area contributed by atoms with Crippen LogP contribution in [0.15, 0.2) is 16.8 Å². The average molecular weight is 357 g/mol. The van der Waals surface area contributed by atoms with Gasteiger partial charge in [-0.15, -0.1) is 0 Å². The highest BCUT2D eigenvalue weighted by Gasteiger charge is 2.50. The lowest BCUT2D eigenvalue weighted by Crippen LogP contribution is -2.36. The van der Waals surface area contributed by atoms with Gasteiger partial charge in [0.1, 0.15) is 0 Å². The van der Waals surface area contributed by atoms with Crippen molar-refractivity contribution in [2.24, 2.45) is 13.0 Å². The molecule has 2 aromatic heterocycles. The number of rotatable bonds is 5. The van der Waals surface area contributed by atoms with Gasteiger partial charge in [-0.3, -0.25) is 14.3 Å². The summed E-state index contributed by atoms with van der Waals surface area (Å²) in [5.41, 5.74) is 2.72. The van der Waals surface area contributed by atoms with E-state index >= 15 is 0 Å². The molecule has 0 spiro atoms. The van der Waals surface area contributed by atoms with E-state index < -0.39 is 5.92 Å². The van der Waals surface area contributed by atoms with Crippen LogP contribution >= 0.6 is 0 Å². The summed E-state index contributed by atoms with van der Waals surface area (Å²) in [7, 11) is 1.87. The highest BCUT2D eigenvalue weighted by atomic mass is 16.5. The molecule has 0 radical (unpaired) electrons. The molecule has 2 aromatic rings. The van der Waals surface area contributed by atoms with Crippen molar-refractivity contribution in [3.63, 3.8) is 0 Å². The summed E-state index contributed by atoms with van der Waals surface area (Å²) in [6.07, 6.45) is 4.03. The van der Waals surface area contributed by atoms with Crippen molar-refractivity contribution in [2.45, 2.75) is 51.7 Å². The van der Waals surface area contributed by atoms with E-state index in [1.54, 1.807) is 16.9 Å². The van der Waals surface area contributed by atoms with Gasteiger partial charge < -0.3 is 14.7 Å². The molecule has 8 nitrogen and oxygen atoms in total. The Morgan fingerprint density at radius 1 is 1.38 bits per heavy atom. The molecule has 8 heteroatoms. The number of aromatic nitrogens is 3. The van der Waals surface area contributed by atoms with E-state index in [-0.39, 0.29) is 36.9 Å². The summed E-state index contributed by atoms with van der Waals surface area (Å²) in [5.74, 6) is 0.101. The van der Waals surface area contributed by atoms with Crippen LogP contribution in [0.25, 0.3) is 0 Å². The van der Waals surface area contributed by atoms with E-state index in [1.807, 2.05) is 25.8 Å². The maximum absolute atomic E-state index is 12.9. The van der Waals surface area contributed by atoms with Gasteiger partial charge in [-0.2, -0.15) is 5.10 Å². The summed E-state index contributed by atoms with van der Waals surface area (Å²) < 4.78 is 6.93. The zero-order valence-electron chi connectivity index (χ0n) is 15.2. The number of amides is 2. The zero-order chi connectivity index (χ0) is 18.4. The Morgan fingerprint density at radius 3 is 2.73 bits per heavy atom. The molecule has 2 amide bonds. The van der Waals surface area contributed by atoms with Crippen molar-refractivity contribution in [3.05, 3.63) is 35.0 Å². The van der Waals surface area contributed by atoms with Crippen LogP contribution < -0.4 is 5.32 Å². The average Bonchev–Trinajstić information content (AvgIpc) is 3.15. The van der Waals surface area contributed by atoms with Gasteiger partial charge in [0.25, 0.3) is 0 Å². The molecule has 1 aliphatic heterocycles. The fourth-order valence-electron chi connectivity index (χ4n) is 3.75. The maximum atomic E-state index is 12.9. The van der Waals surface area contributed by atoms with Crippen LogP contribution in [0.2, 0.25) is 0 Å². The molecule has 1 saturated heterocycles. The van der Waals surface area contributed by atoms with Crippen LogP contribution in [0, 0.1) is 19.8 Å². The highest BCUT2D eigenvalue weighted by Crippen LogP contribution is 2.45. The number of carbonyl (C=O) groups is 2. The van der Waals surface area contributed by atoms with Crippen LogP contribution in [0.3, 0.4) is 0 Å². The van der Waals surface area contributed by atoms with Gasteiger partial charge in [-0.1, -0.05) is 5.16 Å². The van der Waals surface area contributed by atoms with Gasteiger partial charge >= 0.3 is 0 Å². The SMILES string of the molecule is Cc1cc(CNC(=O)[C@H]2CC(=O)N(C3CC3)[C@@H]2c2cnn(C)c2C)on1. The second kappa shape index (κ2) is 6.26. The third-order valence-corrected chi connectivity index (χ3v) is 5.35. The van der Waals surface area contributed by atoms with Gasteiger partial charge in [0.05, 0.1) is 30.4 Å². The summed E-state index contributed by atoms with van der Waals surface area (Å²) in [5, 5.41) is 11.0. The lowest BCUT2D eigenvalue weighted by molar-refractivity contribution is -0.129. The van der Waals surface area contributed by atoms with Crippen molar-refractivity contribution < 1.29 is 14.1 Å². The maximum Gasteiger partial charge on any atom is 0.226 e. The highest BCUT2D eigenvalue weighted by molar-refractivity contribution is 5.90. The fraction of sp³-hybridized carbons (Fsp3) is 0.556. The first-order chi connectivity index (χ1) is 12.5. The number of hydrogen-bond donors (Lipinski definition) is 1. The Morgan fingerprint density at radius 2 is 2.15 bits per heavy atom. The number of nitrogens with zero attached hydrogens (tertiary/aromatic N) is 4. The molecule has 1 N–H and O–H groups in total. The first-order valence-corrected chi connectivity index (χ1v) is 8.95. The minimum Gasteiger partial charge on any atom is -0.359 e. The Kier molecular flexibility index (Phi) is 4.05. The van der Waals surface area contributed by atoms with Crippen molar-refractivity contribution in [2.75, 3.05) is 0 Å². The number of carbonyl (C=O) groups excluding carboxylic acids is 2. The first kappa shape index (κ1) is 16.8. The number of aryl methyl sites for hydroxylation is 2.